The quantitative estimate of drug-likeness (QED) is 0.187. The molecule has 0 spiro atoms. The number of hydrogen-bond donors (Lipinski definition) is 0. The molecule has 1 aliphatic rings. The molecular formula is C43H27N3OS. The molecule has 6 aromatic carbocycles. The Labute approximate surface area is 302 Å². The molecule has 0 fully saturated rings. The number of fused-ring (bicyclic) bond motifs is 11. The normalized spacial score (nSPS) is 19.1. The highest BCUT2D eigenvalue weighted by atomic mass is 32.1. The molecule has 0 amide bonds. The van der Waals surface area contributed by atoms with E-state index in [0.29, 0.717) is 33.3 Å². The molecule has 48 heavy (non-hydrogen) atoms. The lowest BCUT2D eigenvalue weighted by atomic mass is 9.74. The van der Waals surface area contributed by atoms with E-state index in [1.807, 2.05) is 36.4 Å². The molecule has 0 radical (unpaired) electrons. The van der Waals surface area contributed by atoms with Gasteiger partial charge in [0.05, 0.1) is 46.3 Å². The minimum absolute atomic E-state index is 0.0195. The third-order valence-electron chi connectivity index (χ3n) is 9.08. The van der Waals surface area contributed by atoms with Crippen molar-refractivity contribution in [2.75, 3.05) is 0 Å². The molecule has 1 aliphatic heterocycles. The van der Waals surface area contributed by atoms with Gasteiger partial charge in [-0.3, -0.25) is 0 Å². The minimum Gasteiger partial charge on any atom is -0.455 e. The Morgan fingerprint density at radius 3 is 2.50 bits per heavy atom. The molecule has 226 valence electrons. The van der Waals surface area contributed by atoms with Crippen LogP contribution in [-0.2, 0) is 5.41 Å². The first-order valence-electron chi connectivity index (χ1n) is 23.0. The van der Waals surface area contributed by atoms with E-state index >= 15 is 0 Å². The van der Waals surface area contributed by atoms with Gasteiger partial charge in [-0.25, -0.2) is 9.97 Å². The van der Waals surface area contributed by atoms with Crippen molar-refractivity contribution in [3.05, 3.63) is 138 Å². The van der Waals surface area contributed by atoms with Gasteiger partial charge >= 0.3 is 0 Å². The van der Waals surface area contributed by atoms with Crippen LogP contribution in [0.4, 0.5) is 0 Å². The fourth-order valence-corrected chi connectivity index (χ4v) is 8.08. The third-order valence-corrected chi connectivity index (χ3v) is 10.2. The van der Waals surface area contributed by atoms with Crippen LogP contribution in [0.2, 0.25) is 0 Å². The third kappa shape index (κ3) is 3.33. The number of rotatable bonds is 2. The molecule has 4 nitrogen and oxygen atoms in total. The van der Waals surface area contributed by atoms with Crippen molar-refractivity contribution < 1.29 is 26.3 Å². The first-order valence-corrected chi connectivity index (χ1v) is 15.8. The molecule has 5 heteroatoms. The molecular weight excluding hydrogens is 607 g/mol. The van der Waals surface area contributed by atoms with Gasteiger partial charge < -0.3 is 8.98 Å². The molecule has 4 aromatic heterocycles. The van der Waals surface area contributed by atoms with Crippen LogP contribution >= 0.6 is 11.3 Å². The van der Waals surface area contributed by atoms with Crippen LogP contribution in [0.1, 0.15) is 46.8 Å². The summed E-state index contributed by atoms with van der Waals surface area (Å²) in [6.45, 7) is -7.34. The van der Waals surface area contributed by atoms with Crippen LogP contribution in [0.3, 0.4) is 0 Å². The van der Waals surface area contributed by atoms with Crippen LogP contribution in [-0.4, -0.2) is 14.5 Å². The smallest absolute Gasteiger partial charge is 0.160 e. The number of benzene rings is 6. The van der Waals surface area contributed by atoms with Crippen molar-refractivity contribution in [1.29, 1.82) is 0 Å². The zero-order valence-electron chi connectivity index (χ0n) is 40.5. The maximum Gasteiger partial charge on any atom is 0.160 e. The molecule has 0 N–H and O–H groups in total. The van der Waals surface area contributed by atoms with Crippen LogP contribution in [0.15, 0.2) is 132 Å². The Hall–Kier alpha value is -5.78. The molecule has 0 saturated heterocycles. The van der Waals surface area contributed by atoms with E-state index in [0.717, 1.165) is 26.7 Å². The van der Waals surface area contributed by atoms with E-state index < -0.39 is 102 Å². The van der Waals surface area contributed by atoms with Crippen LogP contribution in [0.5, 0.6) is 0 Å². The molecule has 0 atom stereocenters. The number of aromatic nitrogens is 3. The van der Waals surface area contributed by atoms with Crippen LogP contribution in [0.25, 0.3) is 92.4 Å². The van der Waals surface area contributed by atoms with E-state index in [1.165, 1.54) is 0 Å². The lowest BCUT2D eigenvalue weighted by Gasteiger charge is -2.35. The SMILES string of the molecule is [2H]c1c([2H])c2c(c([2H])c1-c1nc(-c3cccc4c3oc3ccccc34)c3ccccc3n1)C(C([2H])([2H])[2H])(C([2H])([2H])[2H])c1c([2H])c([2H])c([2H])c3c4sc5c([2H])c([2H])c([2H])c([2H])c5c4n-2c13. The summed E-state index contributed by atoms with van der Waals surface area (Å²) in [5.74, 6) is -0.324. The Balaban J connectivity index is 1.35. The predicted molar refractivity (Wildman–Crippen MR) is 200 cm³/mol. The first-order chi connectivity index (χ1) is 30.2. The number of furan rings is 1. The minimum atomic E-state index is -3.67. The molecule has 10 aromatic rings. The van der Waals surface area contributed by atoms with Crippen LogP contribution in [0, 0.1) is 0 Å². The van der Waals surface area contributed by atoms with E-state index in [2.05, 4.69) is 0 Å². The summed E-state index contributed by atoms with van der Waals surface area (Å²) in [7, 11) is 0. The average molecular weight is 650 g/mol. The summed E-state index contributed by atoms with van der Waals surface area (Å²) < 4.78 is 154. The van der Waals surface area contributed by atoms with Crippen molar-refractivity contribution in [2.24, 2.45) is 0 Å². The topological polar surface area (TPSA) is 43.9 Å². The van der Waals surface area contributed by atoms with Gasteiger partial charge in [0.1, 0.15) is 11.2 Å². The maximum absolute atomic E-state index is 10.0. The van der Waals surface area contributed by atoms with Crippen molar-refractivity contribution in [3.63, 3.8) is 0 Å². The van der Waals surface area contributed by atoms with Crippen molar-refractivity contribution >= 4 is 75.4 Å². The van der Waals surface area contributed by atoms with E-state index in [1.54, 1.807) is 30.3 Å². The van der Waals surface area contributed by atoms with Gasteiger partial charge in [-0.1, -0.05) is 98.5 Å². The predicted octanol–water partition coefficient (Wildman–Crippen LogP) is 11.8. The van der Waals surface area contributed by atoms with Gasteiger partial charge in [0, 0.05) is 56.4 Å². The molecule has 0 bridgehead atoms. The highest BCUT2D eigenvalue weighted by Gasteiger charge is 2.36. The Morgan fingerprint density at radius 2 is 1.56 bits per heavy atom. The fourth-order valence-electron chi connectivity index (χ4n) is 6.99. The van der Waals surface area contributed by atoms with Gasteiger partial charge in [-0.05, 0) is 53.5 Å². The van der Waals surface area contributed by atoms with Crippen molar-refractivity contribution in [1.82, 2.24) is 14.5 Å². The zero-order valence-corrected chi connectivity index (χ0v) is 25.3. The highest BCUT2D eigenvalue weighted by molar-refractivity contribution is 7.26. The fraction of sp³-hybridized carbons (Fsp3) is 0.0698. The van der Waals surface area contributed by atoms with Gasteiger partial charge in [-0.15, -0.1) is 11.3 Å². The second kappa shape index (κ2) is 9.18. The second-order valence-electron chi connectivity index (χ2n) is 11.7. The molecule has 5 heterocycles. The lowest BCUT2D eigenvalue weighted by molar-refractivity contribution is 0.630. The average Bonchev–Trinajstić information content (AvgIpc) is 3.93. The van der Waals surface area contributed by atoms with E-state index in [4.69, 9.17) is 30.8 Å². The molecule has 0 saturated carbocycles. The van der Waals surface area contributed by atoms with Crippen molar-refractivity contribution in [3.8, 4) is 28.3 Å². The van der Waals surface area contributed by atoms with Gasteiger partial charge in [0.15, 0.2) is 5.82 Å². The monoisotopic (exact) mass is 649 g/mol. The standard InChI is InChI=1S/C43H27N3OS/c1-43(2)31-17-10-16-30-38(31)46(39-28-13-5-8-20-36(28)48-41(30)39)34-22-21-24(23-32(34)43)42-44-33-18-6-3-12-27(33)37(45-42)29-15-9-14-26-25-11-4-7-19-35(25)47-40(26)29/h3-23H,1-2H3/i1D3,2D3,5D,8D,10D,13D,16D,17D,20D,21D,22D,23D. The summed E-state index contributed by atoms with van der Waals surface area (Å²) in [4.78, 5) is 9.68. The summed E-state index contributed by atoms with van der Waals surface area (Å²) in [6, 6.07) is 12.9. The number of thiophene rings is 1. The van der Waals surface area contributed by atoms with Gasteiger partial charge in [-0.2, -0.15) is 0 Å². The number of hydrogen-bond acceptors (Lipinski definition) is 4. The lowest BCUT2D eigenvalue weighted by Crippen LogP contribution is -2.26. The maximum atomic E-state index is 10.0. The Morgan fingerprint density at radius 1 is 0.729 bits per heavy atom. The first kappa shape index (κ1) is 15.4. The molecule has 0 aliphatic carbocycles. The number of nitrogens with zero attached hydrogens (tertiary/aromatic N) is 3. The summed E-state index contributed by atoms with van der Waals surface area (Å²) in [5.41, 5.74) is -4.25. The molecule has 0 unspecified atom stereocenters. The Kier molecular flexibility index (Phi) is 2.95. The summed E-state index contributed by atoms with van der Waals surface area (Å²) in [6.07, 6.45) is 0. The van der Waals surface area contributed by atoms with E-state index in [9.17, 15) is 5.48 Å². The molecule has 11 rings (SSSR count). The zero-order chi connectivity index (χ0) is 45.4. The van der Waals surface area contributed by atoms with Gasteiger partial charge in [0.2, 0.25) is 0 Å². The van der Waals surface area contributed by atoms with E-state index in [-0.39, 0.29) is 37.0 Å². The second-order valence-corrected chi connectivity index (χ2v) is 12.7. The number of para-hydroxylation sites is 4. The Bertz CT molecular complexity index is 3780. The van der Waals surface area contributed by atoms with Crippen molar-refractivity contribution in [2.45, 2.75) is 19.1 Å². The highest BCUT2D eigenvalue weighted by Crippen LogP contribution is 2.51. The van der Waals surface area contributed by atoms with Crippen LogP contribution < -0.4 is 0 Å². The summed E-state index contributed by atoms with van der Waals surface area (Å²) in [5, 5.41) is 1.82. The van der Waals surface area contributed by atoms with Gasteiger partial charge in [0.25, 0.3) is 0 Å². The summed E-state index contributed by atoms with van der Waals surface area (Å²) >= 11 is 0.803. The largest absolute Gasteiger partial charge is 0.455 e.